The van der Waals surface area contributed by atoms with Crippen molar-refractivity contribution >= 4 is 22.4 Å². The van der Waals surface area contributed by atoms with Crippen molar-refractivity contribution in [2.75, 3.05) is 18.9 Å². The minimum Gasteiger partial charge on any atom is -0.325 e. The number of nitrogens with one attached hydrogen (secondary N) is 1. The fourth-order valence-electron chi connectivity index (χ4n) is 3.03. The van der Waals surface area contributed by atoms with Crippen LogP contribution in [0.5, 0.6) is 0 Å². The zero-order chi connectivity index (χ0) is 17.8. The fraction of sp³-hybridized carbons (Fsp3) is 0.227. The molecule has 3 heteroatoms. The number of amides is 1. The zero-order valence-electron chi connectivity index (χ0n) is 15.0. The molecule has 3 rings (SSSR count). The number of hydrogen-bond acceptors (Lipinski definition) is 2. The number of carbonyl (C=O) groups is 1. The summed E-state index contributed by atoms with van der Waals surface area (Å²) in [7, 11) is 1.97. The largest absolute Gasteiger partial charge is 0.325 e. The van der Waals surface area contributed by atoms with Gasteiger partial charge in [-0.15, -0.1) is 0 Å². The van der Waals surface area contributed by atoms with Gasteiger partial charge in [0, 0.05) is 12.2 Å². The van der Waals surface area contributed by atoms with E-state index in [1.165, 1.54) is 21.9 Å². The van der Waals surface area contributed by atoms with Crippen molar-refractivity contribution in [3.05, 3.63) is 77.4 Å². The lowest BCUT2D eigenvalue weighted by Crippen LogP contribution is -2.30. The first-order chi connectivity index (χ1) is 12.0. The molecule has 0 bridgehead atoms. The summed E-state index contributed by atoms with van der Waals surface area (Å²) in [5, 5.41) is 5.48. The monoisotopic (exact) mass is 332 g/mol. The molecule has 0 unspecified atom stereocenters. The van der Waals surface area contributed by atoms with Crippen LogP contribution in [0.2, 0.25) is 0 Å². The first-order valence-corrected chi connectivity index (χ1v) is 8.55. The van der Waals surface area contributed by atoms with Crippen LogP contribution in [0.25, 0.3) is 10.8 Å². The van der Waals surface area contributed by atoms with E-state index in [0.29, 0.717) is 6.54 Å². The molecule has 0 saturated carbocycles. The number of benzene rings is 3. The molecule has 0 saturated heterocycles. The Morgan fingerprint density at radius 3 is 2.52 bits per heavy atom. The molecule has 0 aromatic heterocycles. The topological polar surface area (TPSA) is 32.3 Å². The van der Waals surface area contributed by atoms with Crippen LogP contribution >= 0.6 is 0 Å². The first-order valence-electron chi connectivity index (χ1n) is 8.55. The van der Waals surface area contributed by atoms with Gasteiger partial charge in [-0.05, 0) is 60.5 Å². The van der Waals surface area contributed by atoms with Gasteiger partial charge < -0.3 is 5.32 Å². The van der Waals surface area contributed by atoms with Gasteiger partial charge in [0.1, 0.15) is 0 Å². The normalized spacial score (nSPS) is 11.0. The number of likely N-dealkylation sites (N-methyl/N-ethyl adjacent to an activating group) is 1. The molecule has 0 radical (unpaired) electrons. The molecule has 0 atom stereocenters. The van der Waals surface area contributed by atoms with Crippen LogP contribution in [0.1, 0.15) is 16.7 Å². The molecular formula is C22H24N2O. The minimum atomic E-state index is 0.0111. The number of anilines is 1. The lowest BCUT2D eigenvalue weighted by atomic mass is 10.1. The summed E-state index contributed by atoms with van der Waals surface area (Å²) in [6.45, 7) is 5.19. The third-order valence-electron chi connectivity index (χ3n) is 4.56. The van der Waals surface area contributed by atoms with Crippen LogP contribution in [0.4, 0.5) is 5.69 Å². The minimum absolute atomic E-state index is 0.0111. The molecule has 0 heterocycles. The molecule has 25 heavy (non-hydrogen) atoms. The molecule has 0 spiro atoms. The van der Waals surface area contributed by atoms with Gasteiger partial charge in [-0.3, -0.25) is 9.69 Å². The summed E-state index contributed by atoms with van der Waals surface area (Å²) in [5.41, 5.74) is 4.40. The van der Waals surface area contributed by atoms with E-state index in [9.17, 15) is 4.79 Å². The highest BCUT2D eigenvalue weighted by atomic mass is 16.2. The second-order valence-corrected chi connectivity index (χ2v) is 6.65. The van der Waals surface area contributed by atoms with Gasteiger partial charge in [0.2, 0.25) is 5.91 Å². The van der Waals surface area contributed by atoms with Crippen LogP contribution in [-0.4, -0.2) is 24.4 Å². The van der Waals surface area contributed by atoms with E-state index in [1.807, 2.05) is 43.1 Å². The van der Waals surface area contributed by atoms with Crippen molar-refractivity contribution in [1.29, 1.82) is 0 Å². The number of nitrogens with zero attached hydrogens (tertiary/aromatic N) is 1. The molecule has 0 aliphatic heterocycles. The third kappa shape index (κ3) is 4.25. The number of carbonyl (C=O) groups excluding carboxylic acids is 1. The Labute approximate surface area is 149 Å². The van der Waals surface area contributed by atoms with Crippen molar-refractivity contribution in [1.82, 2.24) is 4.90 Å². The summed E-state index contributed by atoms with van der Waals surface area (Å²) in [6.07, 6.45) is 0. The van der Waals surface area contributed by atoms with E-state index < -0.39 is 0 Å². The van der Waals surface area contributed by atoms with Gasteiger partial charge in [-0.25, -0.2) is 0 Å². The van der Waals surface area contributed by atoms with Crippen LogP contribution in [0.15, 0.2) is 60.7 Å². The summed E-state index contributed by atoms with van der Waals surface area (Å²) in [4.78, 5) is 14.4. The van der Waals surface area contributed by atoms with E-state index >= 15 is 0 Å². The summed E-state index contributed by atoms with van der Waals surface area (Å²) in [5.74, 6) is 0.0111. The second kappa shape index (κ2) is 7.49. The highest BCUT2D eigenvalue weighted by Gasteiger charge is 2.10. The molecule has 3 aromatic rings. The summed E-state index contributed by atoms with van der Waals surface area (Å²) in [6, 6.07) is 20.7. The zero-order valence-corrected chi connectivity index (χ0v) is 15.0. The Bertz CT molecular complexity index is 901. The van der Waals surface area contributed by atoms with Crippen LogP contribution in [0, 0.1) is 13.8 Å². The first kappa shape index (κ1) is 17.2. The van der Waals surface area contributed by atoms with Crippen LogP contribution in [-0.2, 0) is 11.3 Å². The number of hydrogen-bond donors (Lipinski definition) is 1. The highest BCUT2D eigenvalue weighted by molar-refractivity contribution is 5.93. The predicted molar refractivity (Wildman–Crippen MR) is 105 cm³/mol. The Balaban J connectivity index is 1.62. The van der Waals surface area contributed by atoms with E-state index in [4.69, 9.17) is 0 Å². The van der Waals surface area contributed by atoms with E-state index in [2.05, 4.69) is 48.6 Å². The molecular weight excluding hydrogens is 308 g/mol. The predicted octanol–water partition coefficient (Wildman–Crippen LogP) is 4.53. The quantitative estimate of drug-likeness (QED) is 0.744. The van der Waals surface area contributed by atoms with E-state index in [1.54, 1.807) is 0 Å². The van der Waals surface area contributed by atoms with Gasteiger partial charge in [-0.2, -0.15) is 0 Å². The molecule has 3 aromatic carbocycles. The van der Waals surface area contributed by atoms with Gasteiger partial charge in [-0.1, -0.05) is 48.5 Å². The molecule has 0 aliphatic rings. The van der Waals surface area contributed by atoms with Crippen molar-refractivity contribution in [2.24, 2.45) is 0 Å². The lowest BCUT2D eigenvalue weighted by molar-refractivity contribution is -0.117. The highest BCUT2D eigenvalue weighted by Crippen LogP contribution is 2.18. The van der Waals surface area contributed by atoms with E-state index in [-0.39, 0.29) is 5.91 Å². The SMILES string of the molecule is Cc1cccc(NC(=O)CN(C)Cc2ccc3ccccc3c2)c1C. The molecule has 1 amide bonds. The van der Waals surface area contributed by atoms with Crippen molar-refractivity contribution < 1.29 is 4.79 Å². The third-order valence-corrected chi connectivity index (χ3v) is 4.56. The maximum atomic E-state index is 12.3. The molecule has 0 fully saturated rings. The Morgan fingerprint density at radius 1 is 0.960 bits per heavy atom. The number of aryl methyl sites for hydroxylation is 1. The summed E-state index contributed by atoms with van der Waals surface area (Å²) < 4.78 is 0. The molecule has 3 nitrogen and oxygen atoms in total. The Hall–Kier alpha value is -2.65. The standard InChI is InChI=1S/C22H24N2O/c1-16-7-6-10-21(17(16)2)23-22(25)15-24(3)14-18-11-12-19-8-4-5-9-20(19)13-18/h4-13H,14-15H2,1-3H3,(H,23,25). The van der Waals surface area contributed by atoms with Gasteiger partial charge in [0.15, 0.2) is 0 Å². The lowest BCUT2D eigenvalue weighted by Gasteiger charge is -2.17. The maximum Gasteiger partial charge on any atom is 0.238 e. The fourth-order valence-corrected chi connectivity index (χ4v) is 3.03. The maximum absolute atomic E-state index is 12.3. The van der Waals surface area contributed by atoms with E-state index in [0.717, 1.165) is 17.8 Å². The smallest absolute Gasteiger partial charge is 0.238 e. The molecule has 0 aliphatic carbocycles. The van der Waals surface area contributed by atoms with Crippen LogP contribution in [0.3, 0.4) is 0 Å². The van der Waals surface area contributed by atoms with Gasteiger partial charge in [0.05, 0.1) is 6.54 Å². The van der Waals surface area contributed by atoms with Gasteiger partial charge in [0.25, 0.3) is 0 Å². The average molecular weight is 332 g/mol. The number of fused-ring (bicyclic) bond motifs is 1. The van der Waals surface area contributed by atoms with Gasteiger partial charge >= 0.3 is 0 Å². The summed E-state index contributed by atoms with van der Waals surface area (Å²) >= 11 is 0. The Kier molecular flexibility index (Phi) is 5.15. The number of rotatable bonds is 5. The van der Waals surface area contributed by atoms with Crippen molar-refractivity contribution in [3.63, 3.8) is 0 Å². The van der Waals surface area contributed by atoms with Crippen molar-refractivity contribution in [2.45, 2.75) is 20.4 Å². The average Bonchev–Trinajstić information content (AvgIpc) is 2.58. The van der Waals surface area contributed by atoms with Crippen molar-refractivity contribution in [3.8, 4) is 0 Å². The van der Waals surface area contributed by atoms with Crippen LogP contribution < -0.4 is 5.32 Å². The molecule has 1 N–H and O–H groups in total. The Morgan fingerprint density at radius 2 is 1.72 bits per heavy atom. The molecule has 128 valence electrons. The second-order valence-electron chi connectivity index (χ2n) is 6.65.